The fourth-order valence-electron chi connectivity index (χ4n) is 3.64. The van der Waals surface area contributed by atoms with Crippen LogP contribution in [0.5, 0.6) is 0 Å². The van der Waals surface area contributed by atoms with Crippen molar-refractivity contribution in [2.75, 3.05) is 6.54 Å². The first-order valence-electron chi connectivity index (χ1n) is 7.30. The van der Waals surface area contributed by atoms with Gasteiger partial charge in [0.2, 0.25) is 0 Å². The minimum absolute atomic E-state index is 0.0587. The number of carbonyl (C=O) groups is 1. The smallest absolute Gasteiger partial charge is 0.0671 e. The monoisotopic (exact) mass is 262 g/mol. The number of aliphatic carboxylic acids is 1. The van der Waals surface area contributed by atoms with Gasteiger partial charge in [0, 0.05) is 17.7 Å². The Morgan fingerprint density at radius 1 is 1.37 bits per heavy atom. The van der Waals surface area contributed by atoms with Crippen molar-refractivity contribution in [1.29, 1.82) is 0 Å². The van der Waals surface area contributed by atoms with Crippen molar-refractivity contribution >= 4 is 11.7 Å². The topological polar surface area (TPSA) is 52.5 Å². The van der Waals surface area contributed by atoms with Gasteiger partial charge in [-0.1, -0.05) is 26.8 Å². The van der Waals surface area contributed by atoms with Crippen molar-refractivity contribution < 1.29 is 9.90 Å². The molecular weight excluding hydrogens is 238 g/mol. The van der Waals surface area contributed by atoms with Crippen molar-refractivity contribution in [1.82, 2.24) is 0 Å². The largest absolute Gasteiger partial charge is 0.545 e. The molecule has 106 valence electrons. The minimum Gasteiger partial charge on any atom is -0.545 e. The minimum atomic E-state index is -1.01. The number of carboxylic acids is 1. The van der Waals surface area contributed by atoms with E-state index in [4.69, 9.17) is 4.99 Å². The molecule has 0 amide bonds. The van der Waals surface area contributed by atoms with Gasteiger partial charge in [0.1, 0.15) is 0 Å². The predicted molar refractivity (Wildman–Crippen MR) is 74.8 cm³/mol. The van der Waals surface area contributed by atoms with Crippen LogP contribution < -0.4 is 5.11 Å². The Bertz CT molecular complexity index is 438. The summed E-state index contributed by atoms with van der Waals surface area (Å²) in [5.74, 6) is 0.451. The van der Waals surface area contributed by atoms with E-state index >= 15 is 0 Å². The zero-order chi connectivity index (χ0) is 14.2. The molecule has 1 spiro atoms. The summed E-state index contributed by atoms with van der Waals surface area (Å²) in [6.07, 6.45) is 4.52. The average Bonchev–Trinajstić information content (AvgIpc) is 2.46. The Labute approximate surface area is 115 Å². The molecule has 1 aliphatic heterocycles. The summed E-state index contributed by atoms with van der Waals surface area (Å²) in [6.45, 7) is 9.71. The lowest BCUT2D eigenvalue weighted by molar-refractivity contribution is -0.299. The third-order valence-electron chi connectivity index (χ3n) is 5.42. The van der Waals surface area contributed by atoms with Gasteiger partial charge in [0.25, 0.3) is 0 Å². The Morgan fingerprint density at radius 2 is 2.05 bits per heavy atom. The van der Waals surface area contributed by atoms with E-state index in [1.165, 1.54) is 5.71 Å². The first-order valence-corrected chi connectivity index (χ1v) is 7.30. The lowest BCUT2D eigenvalue weighted by Crippen LogP contribution is -2.40. The lowest BCUT2D eigenvalue weighted by atomic mass is 9.61. The van der Waals surface area contributed by atoms with Gasteiger partial charge in [-0.05, 0) is 49.5 Å². The van der Waals surface area contributed by atoms with E-state index in [2.05, 4.69) is 27.7 Å². The highest BCUT2D eigenvalue weighted by Crippen LogP contribution is 2.48. The third-order valence-corrected chi connectivity index (χ3v) is 5.42. The first kappa shape index (κ1) is 14.3. The van der Waals surface area contributed by atoms with Crippen molar-refractivity contribution in [2.45, 2.75) is 47.0 Å². The summed E-state index contributed by atoms with van der Waals surface area (Å²) in [6, 6.07) is 0. The second kappa shape index (κ2) is 5.10. The van der Waals surface area contributed by atoms with Crippen molar-refractivity contribution in [3.63, 3.8) is 0 Å². The molecule has 2 aliphatic rings. The van der Waals surface area contributed by atoms with E-state index in [9.17, 15) is 9.90 Å². The van der Waals surface area contributed by atoms with Gasteiger partial charge in [0.05, 0.1) is 5.97 Å². The Morgan fingerprint density at radius 3 is 2.63 bits per heavy atom. The van der Waals surface area contributed by atoms with Crippen molar-refractivity contribution in [3.05, 3.63) is 11.6 Å². The lowest BCUT2D eigenvalue weighted by Gasteiger charge is -2.43. The molecule has 0 saturated heterocycles. The number of aliphatic imine (C=N–C) groups is 1. The zero-order valence-electron chi connectivity index (χ0n) is 12.4. The summed E-state index contributed by atoms with van der Waals surface area (Å²) < 4.78 is 0. The molecular formula is C16H24NO2-. The quantitative estimate of drug-likeness (QED) is 0.727. The van der Waals surface area contributed by atoms with Gasteiger partial charge in [-0.2, -0.15) is 0 Å². The van der Waals surface area contributed by atoms with E-state index in [1.54, 1.807) is 0 Å². The molecule has 0 aromatic carbocycles. The fourth-order valence-corrected chi connectivity index (χ4v) is 3.64. The van der Waals surface area contributed by atoms with Gasteiger partial charge in [0.15, 0.2) is 0 Å². The van der Waals surface area contributed by atoms with Crippen LogP contribution >= 0.6 is 0 Å². The van der Waals surface area contributed by atoms with E-state index in [0.717, 1.165) is 19.4 Å². The van der Waals surface area contributed by atoms with Gasteiger partial charge in [-0.3, -0.25) is 4.99 Å². The number of hydrogen-bond acceptors (Lipinski definition) is 3. The molecule has 0 aromatic heterocycles. The standard InChI is InChI=1S/C16H25NO2/c1-10-8-16(13(4)17-9-11(10)2)6-5-14(15(18)19)7-12(16)3/h7,10-12H,5-6,8-9H2,1-4H3,(H,18,19)/p-1/t10-,11-,12-,16+/m0/s1. The Hall–Kier alpha value is -1.12. The molecule has 1 aliphatic carbocycles. The molecule has 3 nitrogen and oxygen atoms in total. The second-order valence-electron chi connectivity index (χ2n) is 6.51. The van der Waals surface area contributed by atoms with E-state index in [-0.39, 0.29) is 11.3 Å². The van der Waals surface area contributed by atoms with Crippen LogP contribution in [0.4, 0.5) is 0 Å². The molecule has 0 bridgehead atoms. The summed E-state index contributed by atoms with van der Waals surface area (Å²) in [5, 5.41) is 11.0. The highest BCUT2D eigenvalue weighted by Gasteiger charge is 2.43. The molecule has 0 N–H and O–H groups in total. The molecule has 4 atom stereocenters. The van der Waals surface area contributed by atoms with Crippen LogP contribution in [0.15, 0.2) is 16.6 Å². The molecule has 0 radical (unpaired) electrons. The van der Waals surface area contributed by atoms with Gasteiger partial charge in [-0.25, -0.2) is 0 Å². The van der Waals surface area contributed by atoms with Crippen LogP contribution in [0.25, 0.3) is 0 Å². The number of hydrogen-bond donors (Lipinski definition) is 0. The maximum absolute atomic E-state index is 11.0. The fraction of sp³-hybridized carbons (Fsp3) is 0.750. The van der Waals surface area contributed by atoms with Crippen LogP contribution in [0.3, 0.4) is 0 Å². The normalized spacial score (nSPS) is 39.5. The molecule has 0 unspecified atom stereocenters. The van der Waals surface area contributed by atoms with E-state index in [0.29, 0.717) is 23.8 Å². The van der Waals surface area contributed by atoms with Crippen LogP contribution in [0.2, 0.25) is 0 Å². The number of carboxylic acid groups (broad SMARTS) is 1. The second-order valence-corrected chi connectivity index (χ2v) is 6.51. The first-order chi connectivity index (χ1) is 8.86. The SMILES string of the molecule is CC1=NC[C@H](C)[C@@H](C)C[C@@]12CCC(C(=O)[O-])=C[C@@H]2C. The molecule has 2 rings (SSSR count). The number of carbonyl (C=O) groups excluding carboxylic acids is 1. The van der Waals surface area contributed by atoms with Crippen LogP contribution in [-0.2, 0) is 4.79 Å². The zero-order valence-corrected chi connectivity index (χ0v) is 12.4. The van der Waals surface area contributed by atoms with Crippen molar-refractivity contribution in [2.24, 2.45) is 28.2 Å². The molecule has 1 heterocycles. The Balaban J connectivity index is 2.34. The molecule has 3 heteroatoms. The molecule has 19 heavy (non-hydrogen) atoms. The summed E-state index contributed by atoms with van der Waals surface area (Å²) >= 11 is 0. The average molecular weight is 262 g/mol. The maximum Gasteiger partial charge on any atom is 0.0671 e. The van der Waals surface area contributed by atoms with Gasteiger partial charge >= 0.3 is 0 Å². The van der Waals surface area contributed by atoms with Crippen LogP contribution in [-0.4, -0.2) is 18.2 Å². The molecule has 0 fully saturated rings. The number of rotatable bonds is 1. The maximum atomic E-state index is 11.0. The van der Waals surface area contributed by atoms with Crippen molar-refractivity contribution in [3.8, 4) is 0 Å². The van der Waals surface area contributed by atoms with E-state index in [1.807, 2.05) is 6.08 Å². The Kier molecular flexibility index (Phi) is 3.84. The van der Waals surface area contributed by atoms with Gasteiger partial charge < -0.3 is 9.90 Å². The van der Waals surface area contributed by atoms with Crippen LogP contribution in [0, 0.1) is 23.2 Å². The highest BCUT2D eigenvalue weighted by molar-refractivity contribution is 5.91. The molecule has 0 saturated carbocycles. The number of nitrogens with zero attached hydrogens (tertiary/aromatic N) is 1. The third kappa shape index (κ3) is 2.47. The van der Waals surface area contributed by atoms with Gasteiger partial charge in [-0.15, -0.1) is 0 Å². The summed E-state index contributed by atoms with van der Waals surface area (Å²) in [5.41, 5.74) is 1.74. The van der Waals surface area contributed by atoms with E-state index < -0.39 is 5.97 Å². The number of allylic oxidation sites excluding steroid dienone is 1. The molecule has 0 aromatic rings. The summed E-state index contributed by atoms with van der Waals surface area (Å²) in [7, 11) is 0. The highest BCUT2D eigenvalue weighted by atomic mass is 16.4. The predicted octanol–water partition coefficient (Wildman–Crippen LogP) is 2.22. The van der Waals surface area contributed by atoms with Crippen LogP contribution in [0.1, 0.15) is 47.0 Å². The summed E-state index contributed by atoms with van der Waals surface area (Å²) in [4.78, 5) is 15.8.